The van der Waals surface area contributed by atoms with Crippen molar-refractivity contribution in [2.45, 2.75) is 22.8 Å². The van der Waals surface area contributed by atoms with Crippen molar-refractivity contribution in [1.82, 2.24) is 9.80 Å². The largest absolute Gasteiger partial charge is 0.391 e. The van der Waals surface area contributed by atoms with Crippen LogP contribution in [-0.4, -0.2) is 65.9 Å². The summed E-state index contributed by atoms with van der Waals surface area (Å²) in [5.74, 6) is 0.582. The zero-order valence-corrected chi connectivity index (χ0v) is 12.9. The number of carbonyl (C=O) groups excluding carboxylic acids is 1. The zero-order chi connectivity index (χ0) is 13.8. The number of nitrogens with zero attached hydrogens (tertiary/aromatic N) is 2. The van der Waals surface area contributed by atoms with Gasteiger partial charge in [-0.2, -0.15) is 0 Å². The zero-order valence-electron chi connectivity index (χ0n) is 11.3. The van der Waals surface area contributed by atoms with E-state index in [0.29, 0.717) is 18.7 Å². The van der Waals surface area contributed by atoms with E-state index in [9.17, 15) is 9.90 Å². The minimum absolute atomic E-state index is 0.127. The number of amides is 1. The standard InChI is InChI=1S/C13H20N2O2S2/c1-14(2)7-10-6-11(16)8-15(10)12(17)9-19-13-4-3-5-18-13/h3-5,10-11,16H,6-9H2,1-2H3. The molecule has 2 unspecified atom stereocenters. The molecular weight excluding hydrogens is 280 g/mol. The number of rotatable bonds is 5. The third-order valence-corrected chi connectivity index (χ3v) is 5.24. The van der Waals surface area contributed by atoms with E-state index in [4.69, 9.17) is 0 Å². The van der Waals surface area contributed by atoms with Gasteiger partial charge in [0, 0.05) is 19.1 Å². The summed E-state index contributed by atoms with van der Waals surface area (Å²) in [6.07, 6.45) is 0.314. The minimum atomic E-state index is -0.374. The van der Waals surface area contributed by atoms with E-state index in [1.54, 1.807) is 23.1 Å². The number of hydrogen-bond acceptors (Lipinski definition) is 5. The van der Waals surface area contributed by atoms with Crippen LogP contribution in [0, 0.1) is 0 Å². The summed E-state index contributed by atoms with van der Waals surface area (Å²) < 4.78 is 1.16. The SMILES string of the molecule is CN(C)CC1CC(O)CN1C(=O)CSc1cccs1. The molecule has 19 heavy (non-hydrogen) atoms. The number of hydrogen-bond donors (Lipinski definition) is 1. The van der Waals surface area contributed by atoms with Crippen LogP contribution >= 0.6 is 23.1 Å². The topological polar surface area (TPSA) is 43.8 Å². The lowest BCUT2D eigenvalue weighted by molar-refractivity contribution is -0.129. The first-order valence-corrected chi connectivity index (χ1v) is 8.21. The summed E-state index contributed by atoms with van der Waals surface area (Å²) in [4.78, 5) is 16.2. The second kappa shape index (κ2) is 6.74. The van der Waals surface area contributed by atoms with Gasteiger partial charge in [-0.25, -0.2) is 0 Å². The van der Waals surface area contributed by atoms with Crippen molar-refractivity contribution in [2.24, 2.45) is 0 Å². The molecule has 2 rings (SSSR count). The lowest BCUT2D eigenvalue weighted by atomic mass is 10.2. The summed E-state index contributed by atoms with van der Waals surface area (Å²) in [6.45, 7) is 1.29. The molecule has 0 spiro atoms. The van der Waals surface area contributed by atoms with Gasteiger partial charge in [-0.15, -0.1) is 23.1 Å². The van der Waals surface area contributed by atoms with Gasteiger partial charge in [0.1, 0.15) is 0 Å². The van der Waals surface area contributed by atoms with Gasteiger partial charge in [-0.05, 0) is 32.0 Å². The summed E-state index contributed by atoms with van der Waals surface area (Å²) in [5, 5.41) is 11.8. The highest BCUT2D eigenvalue weighted by Crippen LogP contribution is 2.25. The van der Waals surface area contributed by atoms with E-state index in [0.717, 1.165) is 10.8 Å². The number of likely N-dealkylation sites (N-methyl/N-ethyl adjacent to an activating group) is 1. The quantitative estimate of drug-likeness (QED) is 0.834. The Labute approximate surface area is 122 Å². The number of aliphatic hydroxyl groups is 1. The van der Waals surface area contributed by atoms with Crippen LogP contribution in [0.4, 0.5) is 0 Å². The predicted octanol–water partition coefficient (Wildman–Crippen LogP) is 1.36. The van der Waals surface area contributed by atoms with Gasteiger partial charge in [0.15, 0.2) is 0 Å². The molecule has 0 saturated carbocycles. The van der Waals surface area contributed by atoms with E-state index < -0.39 is 0 Å². The van der Waals surface area contributed by atoms with Gasteiger partial charge in [-0.1, -0.05) is 6.07 Å². The maximum Gasteiger partial charge on any atom is 0.233 e. The lowest BCUT2D eigenvalue weighted by Crippen LogP contribution is -2.42. The number of carbonyl (C=O) groups is 1. The maximum absolute atomic E-state index is 12.3. The molecule has 1 aliphatic rings. The summed E-state index contributed by atoms with van der Waals surface area (Å²) >= 11 is 3.23. The number of β-amino-alcohol motifs (C(OH)–C–C–N with tert-alkyl or cyclic N) is 1. The van der Waals surface area contributed by atoms with Crippen molar-refractivity contribution in [2.75, 3.05) is 32.9 Å². The Morgan fingerprint density at radius 1 is 1.63 bits per heavy atom. The minimum Gasteiger partial charge on any atom is -0.391 e. The second-order valence-electron chi connectivity index (χ2n) is 5.07. The fraction of sp³-hybridized carbons (Fsp3) is 0.615. The molecule has 6 heteroatoms. The number of likely N-dealkylation sites (tertiary alicyclic amines) is 1. The molecule has 2 heterocycles. The molecule has 1 saturated heterocycles. The molecule has 2 atom stereocenters. The van der Waals surface area contributed by atoms with Crippen molar-refractivity contribution in [3.8, 4) is 0 Å². The highest BCUT2D eigenvalue weighted by molar-refractivity contribution is 8.01. The highest BCUT2D eigenvalue weighted by atomic mass is 32.2. The normalized spacial score (nSPS) is 23.3. The van der Waals surface area contributed by atoms with Crippen molar-refractivity contribution in [3.63, 3.8) is 0 Å². The Balaban J connectivity index is 1.89. The van der Waals surface area contributed by atoms with Crippen LogP contribution in [0.3, 0.4) is 0 Å². The molecule has 106 valence electrons. The Hall–Kier alpha value is -0.560. The number of aliphatic hydroxyl groups excluding tert-OH is 1. The van der Waals surface area contributed by atoms with Crippen LogP contribution in [-0.2, 0) is 4.79 Å². The number of thioether (sulfide) groups is 1. The van der Waals surface area contributed by atoms with Gasteiger partial charge in [0.25, 0.3) is 0 Å². The van der Waals surface area contributed by atoms with Gasteiger partial charge < -0.3 is 14.9 Å². The van der Waals surface area contributed by atoms with Crippen LogP contribution in [0.2, 0.25) is 0 Å². The average Bonchev–Trinajstić information content (AvgIpc) is 2.95. The van der Waals surface area contributed by atoms with Gasteiger partial charge in [-0.3, -0.25) is 4.79 Å². The van der Waals surface area contributed by atoms with Crippen molar-refractivity contribution in [1.29, 1.82) is 0 Å². The summed E-state index contributed by atoms with van der Waals surface area (Å²) in [7, 11) is 3.99. The number of thiophene rings is 1. The fourth-order valence-electron chi connectivity index (χ4n) is 2.35. The highest BCUT2D eigenvalue weighted by Gasteiger charge is 2.34. The third-order valence-electron chi connectivity index (χ3n) is 3.12. The Bertz CT molecular complexity index is 409. The molecule has 0 radical (unpaired) electrons. The first-order valence-electron chi connectivity index (χ1n) is 6.35. The third kappa shape index (κ3) is 4.21. The molecule has 1 aliphatic heterocycles. The van der Waals surface area contributed by atoms with E-state index in [-0.39, 0.29) is 18.1 Å². The smallest absolute Gasteiger partial charge is 0.233 e. The maximum atomic E-state index is 12.3. The molecule has 1 amide bonds. The monoisotopic (exact) mass is 300 g/mol. The fourth-order valence-corrected chi connectivity index (χ4v) is 4.02. The average molecular weight is 300 g/mol. The van der Waals surface area contributed by atoms with Gasteiger partial charge in [0.05, 0.1) is 16.1 Å². The molecule has 1 aromatic heterocycles. The van der Waals surface area contributed by atoms with E-state index in [2.05, 4.69) is 4.90 Å². The summed E-state index contributed by atoms with van der Waals surface area (Å²) in [5.41, 5.74) is 0. The molecule has 0 aromatic carbocycles. The molecule has 1 aromatic rings. The van der Waals surface area contributed by atoms with Crippen molar-refractivity contribution in [3.05, 3.63) is 17.5 Å². The molecule has 0 bridgehead atoms. The summed E-state index contributed by atoms with van der Waals surface area (Å²) in [6, 6.07) is 4.16. The van der Waals surface area contributed by atoms with Crippen LogP contribution in [0.25, 0.3) is 0 Å². The van der Waals surface area contributed by atoms with Crippen LogP contribution in [0.5, 0.6) is 0 Å². The van der Waals surface area contributed by atoms with Gasteiger partial charge in [0.2, 0.25) is 5.91 Å². The molecule has 1 fully saturated rings. The first-order chi connectivity index (χ1) is 9.06. The molecular formula is C13H20N2O2S2. The molecule has 4 nitrogen and oxygen atoms in total. The Morgan fingerprint density at radius 2 is 2.42 bits per heavy atom. The Morgan fingerprint density at radius 3 is 3.05 bits per heavy atom. The predicted molar refractivity (Wildman–Crippen MR) is 79.7 cm³/mol. The van der Waals surface area contributed by atoms with Crippen LogP contribution in [0.15, 0.2) is 21.7 Å². The molecule has 1 N–H and O–H groups in total. The Kier molecular flexibility index (Phi) is 5.27. The van der Waals surface area contributed by atoms with Crippen LogP contribution < -0.4 is 0 Å². The molecule has 0 aliphatic carbocycles. The van der Waals surface area contributed by atoms with E-state index >= 15 is 0 Å². The van der Waals surface area contributed by atoms with Crippen molar-refractivity contribution >= 4 is 29.0 Å². The van der Waals surface area contributed by atoms with Crippen LogP contribution in [0.1, 0.15) is 6.42 Å². The van der Waals surface area contributed by atoms with Gasteiger partial charge >= 0.3 is 0 Å². The first kappa shape index (κ1) is 14.8. The van der Waals surface area contributed by atoms with E-state index in [1.165, 1.54) is 0 Å². The van der Waals surface area contributed by atoms with Crippen molar-refractivity contribution < 1.29 is 9.90 Å². The second-order valence-corrected chi connectivity index (χ2v) is 7.30. The van der Waals surface area contributed by atoms with E-state index in [1.807, 2.05) is 36.5 Å². The lowest BCUT2D eigenvalue weighted by Gasteiger charge is -2.26.